The third kappa shape index (κ3) is 6.58. The lowest BCUT2D eigenvalue weighted by atomic mass is 9.91. The van der Waals surface area contributed by atoms with E-state index in [1.165, 1.54) is 23.6 Å². The lowest BCUT2D eigenvalue weighted by Crippen LogP contribution is -2.52. The summed E-state index contributed by atoms with van der Waals surface area (Å²) in [6, 6.07) is 5.02. The molecule has 1 unspecified atom stereocenters. The van der Waals surface area contributed by atoms with Gasteiger partial charge in [-0.2, -0.15) is 0 Å². The van der Waals surface area contributed by atoms with Crippen molar-refractivity contribution in [3.05, 3.63) is 35.0 Å². The first-order valence-electron chi connectivity index (χ1n) is 12.9. The topological polar surface area (TPSA) is 190 Å². The van der Waals surface area contributed by atoms with Crippen molar-refractivity contribution < 1.29 is 43.7 Å². The van der Waals surface area contributed by atoms with Crippen LogP contribution in [0.5, 0.6) is 5.75 Å². The molecule has 1 atom stereocenters. The Morgan fingerprint density at radius 3 is 2.25 bits per heavy atom. The minimum absolute atomic E-state index is 0.0964. The normalized spacial score (nSPS) is 14.5. The first-order valence-corrected chi connectivity index (χ1v) is 12.9. The Bertz CT molecular complexity index is 1330. The van der Waals surface area contributed by atoms with Crippen molar-refractivity contribution in [1.82, 2.24) is 14.8 Å². The van der Waals surface area contributed by atoms with Crippen LogP contribution in [-0.2, 0) is 19.1 Å². The molecule has 4 N–H and O–H groups in total. The standard InChI is InChI=1S/C27H34N4O9/c1-5-39-26(38)31-12-10-30(11-13-31)24(35)17(8-9-19(32)33)21-20(23(28)34)22(40-27(3,4)25(36)37)16-7-6-15(2)14-18(16)29-21/h6-7,14,17H,5,8-13H2,1-4H3,(H2,28,34)(H,32,33)(H,36,37). The molecule has 3 amide bonds. The van der Waals surface area contributed by atoms with E-state index in [0.717, 1.165) is 5.56 Å². The second-order valence-electron chi connectivity index (χ2n) is 10.00. The van der Waals surface area contributed by atoms with Crippen LogP contribution in [0.15, 0.2) is 18.2 Å². The number of pyridine rings is 1. The van der Waals surface area contributed by atoms with Gasteiger partial charge in [-0.1, -0.05) is 6.07 Å². The van der Waals surface area contributed by atoms with Crippen LogP contribution in [0.25, 0.3) is 10.9 Å². The number of aliphatic carboxylic acids is 2. The van der Waals surface area contributed by atoms with E-state index in [0.29, 0.717) is 10.9 Å². The fourth-order valence-electron chi connectivity index (χ4n) is 4.45. The Morgan fingerprint density at radius 2 is 1.70 bits per heavy atom. The minimum atomic E-state index is -1.79. The molecule has 0 radical (unpaired) electrons. The number of aromatic nitrogens is 1. The lowest BCUT2D eigenvalue weighted by Gasteiger charge is -2.36. The van der Waals surface area contributed by atoms with Crippen molar-refractivity contribution in [2.24, 2.45) is 5.73 Å². The van der Waals surface area contributed by atoms with Gasteiger partial charge in [-0.15, -0.1) is 0 Å². The summed E-state index contributed by atoms with van der Waals surface area (Å²) in [5.41, 5.74) is 4.71. The molecule has 0 spiro atoms. The second kappa shape index (κ2) is 12.2. The molecule has 1 aromatic carbocycles. The molecule has 3 rings (SSSR count). The van der Waals surface area contributed by atoms with Crippen LogP contribution in [0.1, 0.15) is 61.1 Å². The number of amides is 3. The van der Waals surface area contributed by atoms with Gasteiger partial charge in [0.25, 0.3) is 5.91 Å². The molecule has 1 fully saturated rings. The van der Waals surface area contributed by atoms with Gasteiger partial charge in [-0.05, 0) is 51.8 Å². The molecular formula is C27H34N4O9. The van der Waals surface area contributed by atoms with Crippen LogP contribution in [-0.4, -0.2) is 93.2 Å². The Morgan fingerprint density at radius 1 is 1.07 bits per heavy atom. The van der Waals surface area contributed by atoms with Gasteiger partial charge in [-0.3, -0.25) is 19.4 Å². The molecule has 13 nitrogen and oxygen atoms in total. The predicted octanol–water partition coefficient (Wildman–Crippen LogP) is 2.13. The summed E-state index contributed by atoms with van der Waals surface area (Å²) in [6.07, 6.45) is -1.12. The molecule has 13 heteroatoms. The van der Waals surface area contributed by atoms with Gasteiger partial charge >= 0.3 is 18.0 Å². The quantitative estimate of drug-likeness (QED) is 0.389. The number of carbonyl (C=O) groups excluding carboxylic acids is 3. The molecule has 1 aliphatic heterocycles. The summed E-state index contributed by atoms with van der Waals surface area (Å²) in [5.74, 6) is -5.35. The van der Waals surface area contributed by atoms with E-state index in [2.05, 4.69) is 4.98 Å². The number of hydrogen-bond donors (Lipinski definition) is 3. The van der Waals surface area contributed by atoms with Crippen LogP contribution in [0.4, 0.5) is 4.79 Å². The molecule has 2 aromatic rings. The molecule has 1 aliphatic rings. The highest BCUT2D eigenvalue weighted by Crippen LogP contribution is 2.38. The molecule has 0 saturated carbocycles. The Labute approximate surface area is 230 Å². The maximum absolute atomic E-state index is 13.9. The summed E-state index contributed by atoms with van der Waals surface area (Å²) >= 11 is 0. The SMILES string of the molecule is CCOC(=O)N1CCN(C(=O)C(CCC(=O)O)c2nc3cc(C)ccc3c(OC(C)(C)C(=O)O)c2C(N)=O)CC1. The average Bonchev–Trinajstić information content (AvgIpc) is 2.88. The van der Waals surface area contributed by atoms with Crippen molar-refractivity contribution in [2.45, 2.75) is 52.1 Å². The number of carboxylic acids is 2. The fourth-order valence-corrected chi connectivity index (χ4v) is 4.45. The first kappa shape index (κ1) is 30.1. The van der Waals surface area contributed by atoms with Gasteiger partial charge < -0.3 is 35.2 Å². The number of piperazine rings is 1. The van der Waals surface area contributed by atoms with Gasteiger partial charge in [0.1, 0.15) is 11.3 Å². The predicted molar refractivity (Wildman–Crippen MR) is 142 cm³/mol. The number of carbonyl (C=O) groups is 5. The number of carboxylic acid groups (broad SMARTS) is 2. The van der Waals surface area contributed by atoms with Crippen LogP contribution >= 0.6 is 0 Å². The zero-order valence-electron chi connectivity index (χ0n) is 22.9. The summed E-state index contributed by atoms with van der Waals surface area (Å²) in [4.78, 5) is 69.8. The minimum Gasteiger partial charge on any atom is -0.481 e. The summed E-state index contributed by atoms with van der Waals surface area (Å²) < 4.78 is 10.9. The Balaban J connectivity index is 2.15. The van der Waals surface area contributed by atoms with E-state index < -0.39 is 47.8 Å². The molecule has 0 aliphatic carbocycles. The first-order chi connectivity index (χ1) is 18.8. The molecule has 2 heterocycles. The summed E-state index contributed by atoms with van der Waals surface area (Å²) in [7, 11) is 0. The van der Waals surface area contributed by atoms with Gasteiger partial charge in [0.2, 0.25) is 5.91 Å². The lowest BCUT2D eigenvalue weighted by molar-refractivity contribution is -0.152. The van der Waals surface area contributed by atoms with Crippen LogP contribution in [0.2, 0.25) is 0 Å². The summed E-state index contributed by atoms with van der Waals surface area (Å²) in [5, 5.41) is 19.4. The van der Waals surface area contributed by atoms with E-state index in [9.17, 15) is 34.2 Å². The number of primary amides is 1. The smallest absolute Gasteiger partial charge is 0.409 e. The number of rotatable bonds is 10. The Hall–Kier alpha value is -4.42. The van der Waals surface area contributed by atoms with Gasteiger partial charge in [0, 0.05) is 38.0 Å². The van der Waals surface area contributed by atoms with Crippen molar-refractivity contribution in [3.8, 4) is 5.75 Å². The third-order valence-electron chi connectivity index (χ3n) is 6.63. The van der Waals surface area contributed by atoms with Crippen LogP contribution < -0.4 is 10.5 Å². The van der Waals surface area contributed by atoms with Crippen molar-refractivity contribution >= 4 is 40.7 Å². The zero-order chi connectivity index (χ0) is 29.8. The van der Waals surface area contributed by atoms with E-state index in [-0.39, 0.29) is 56.2 Å². The number of nitrogens with zero attached hydrogens (tertiary/aromatic N) is 3. The number of hydrogen-bond acceptors (Lipinski definition) is 8. The molecular weight excluding hydrogens is 524 g/mol. The van der Waals surface area contributed by atoms with Crippen LogP contribution in [0, 0.1) is 6.92 Å². The third-order valence-corrected chi connectivity index (χ3v) is 6.63. The van der Waals surface area contributed by atoms with Gasteiger partial charge in [0.15, 0.2) is 5.60 Å². The number of benzene rings is 1. The van der Waals surface area contributed by atoms with Gasteiger partial charge in [0.05, 0.1) is 23.7 Å². The molecule has 1 aromatic heterocycles. The van der Waals surface area contributed by atoms with Gasteiger partial charge in [-0.25, -0.2) is 9.59 Å². The van der Waals surface area contributed by atoms with Crippen molar-refractivity contribution in [1.29, 1.82) is 0 Å². The highest BCUT2D eigenvalue weighted by Gasteiger charge is 2.38. The maximum atomic E-state index is 13.9. The number of nitrogens with two attached hydrogens (primary N) is 1. The monoisotopic (exact) mass is 558 g/mol. The van der Waals surface area contributed by atoms with E-state index in [1.54, 1.807) is 32.0 Å². The van der Waals surface area contributed by atoms with Crippen LogP contribution in [0.3, 0.4) is 0 Å². The van der Waals surface area contributed by atoms with E-state index >= 15 is 0 Å². The summed E-state index contributed by atoms with van der Waals surface area (Å²) in [6.45, 7) is 7.00. The highest BCUT2D eigenvalue weighted by molar-refractivity contribution is 6.05. The van der Waals surface area contributed by atoms with E-state index in [4.69, 9.17) is 15.2 Å². The number of aryl methyl sites for hydroxylation is 1. The molecule has 0 bridgehead atoms. The number of fused-ring (bicyclic) bond motifs is 1. The fraction of sp³-hybridized carbons (Fsp3) is 0.481. The highest BCUT2D eigenvalue weighted by atomic mass is 16.6. The van der Waals surface area contributed by atoms with Crippen molar-refractivity contribution in [3.63, 3.8) is 0 Å². The Kier molecular flexibility index (Phi) is 9.17. The molecule has 40 heavy (non-hydrogen) atoms. The number of ether oxygens (including phenoxy) is 2. The zero-order valence-corrected chi connectivity index (χ0v) is 22.9. The average molecular weight is 559 g/mol. The largest absolute Gasteiger partial charge is 0.481 e. The molecule has 1 saturated heterocycles. The van der Waals surface area contributed by atoms with Crippen molar-refractivity contribution in [2.75, 3.05) is 32.8 Å². The van der Waals surface area contributed by atoms with E-state index in [1.807, 2.05) is 0 Å². The molecule has 216 valence electrons. The maximum Gasteiger partial charge on any atom is 0.409 e. The second-order valence-corrected chi connectivity index (χ2v) is 10.00.